The van der Waals surface area contributed by atoms with Crippen LogP contribution in [-0.4, -0.2) is 52.5 Å². The number of carbonyl (C=O) groups is 3. The molecule has 0 bridgehead atoms. The lowest BCUT2D eigenvalue weighted by Gasteiger charge is -2.28. The number of alkyl carbamates (subject to hydrolysis) is 2. The Bertz CT molecular complexity index is 1020. The zero-order chi connectivity index (χ0) is 29.3. The van der Waals surface area contributed by atoms with Crippen LogP contribution in [0, 0.1) is 0 Å². The smallest absolute Gasteiger partial charge is 0.417 e. The van der Waals surface area contributed by atoms with E-state index in [2.05, 4.69) is 15.6 Å². The molecule has 1 aromatic rings. The molecule has 212 valence electrons. The van der Waals surface area contributed by atoms with Crippen LogP contribution in [0.25, 0.3) is 0 Å². The Balaban J connectivity index is 3.30. The van der Waals surface area contributed by atoms with Gasteiger partial charge in [0, 0.05) is 6.54 Å². The fourth-order valence-electron chi connectivity index (χ4n) is 2.69. The fourth-order valence-corrected chi connectivity index (χ4v) is 2.69. The van der Waals surface area contributed by atoms with Crippen LogP contribution >= 0.6 is 0 Å². The summed E-state index contributed by atoms with van der Waals surface area (Å²) in [6.07, 6.45) is -0.138. The van der Waals surface area contributed by atoms with Gasteiger partial charge < -0.3 is 19.5 Å². The molecule has 0 radical (unpaired) electrons. The zero-order valence-corrected chi connectivity index (χ0v) is 24.6. The third kappa shape index (κ3) is 14.2. The molecule has 0 aliphatic carbocycles. The Kier molecular flexibility index (Phi) is 11.4. The number of amides is 3. The molecule has 0 unspecified atom stereocenters. The summed E-state index contributed by atoms with van der Waals surface area (Å²) in [6, 6.07) is 6.96. The third-order valence-corrected chi connectivity index (χ3v) is 4.17. The van der Waals surface area contributed by atoms with Gasteiger partial charge in [-0.1, -0.05) is 23.8 Å². The fraction of sp³-hybridized carbons (Fsp3) is 0.571. The summed E-state index contributed by atoms with van der Waals surface area (Å²) in [5.41, 5.74) is 0.130. The van der Waals surface area contributed by atoms with E-state index in [1.165, 1.54) is 4.90 Å². The number of aliphatic imine (C=N–C) groups is 1. The first-order valence-corrected chi connectivity index (χ1v) is 12.5. The van der Waals surface area contributed by atoms with Gasteiger partial charge in [-0.2, -0.15) is 0 Å². The maximum Gasteiger partial charge on any atom is 0.417 e. The molecule has 38 heavy (non-hydrogen) atoms. The Hall–Kier alpha value is -3.56. The van der Waals surface area contributed by atoms with Gasteiger partial charge in [0.15, 0.2) is 0 Å². The highest BCUT2D eigenvalue weighted by molar-refractivity contribution is 6.02. The average molecular weight is 533 g/mol. The van der Waals surface area contributed by atoms with Crippen molar-refractivity contribution in [1.82, 2.24) is 15.5 Å². The Morgan fingerprint density at radius 2 is 1.32 bits per heavy atom. The number of benzene rings is 1. The van der Waals surface area contributed by atoms with Crippen molar-refractivity contribution >= 4 is 29.9 Å². The van der Waals surface area contributed by atoms with Crippen molar-refractivity contribution < 1.29 is 28.6 Å². The molecule has 0 aliphatic rings. The van der Waals surface area contributed by atoms with Crippen LogP contribution in [0.15, 0.2) is 40.9 Å². The van der Waals surface area contributed by atoms with Gasteiger partial charge in [0.1, 0.15) is 16.8 Å². The van der Waals surface area contributed by atoms with E-state index in [1.54, 1.807) is 86.6 Å². The van der Waals surface area contributed by atoms with Gasteiger partial charge in [-0.25, -0.2) is 24.3 Å². The minimum absolute atomic E-state index is 0.0503. The van der Waals surface area contributed by atoms with Gasteiger partial charge in [-0.15, -0.1) is 0 Å². The largest absolute Gasteiger partial charge is 0.444 e. The SMILES string of the molecule is CC(C)=CCN(C(=O)OC(C)(C)C)C(=Nc1ccc(CNC(=O)OC(C)(C)C)cc1)NC(=O)OC(C)(C)C. The van der Waals surface area contributed by atoms with Gasteiger partial charge >= 0.3 is 18.3 Å². The highest BCUT2D eigenvalue weighted by Crippen LogP contribution is 2.17. The minimum atomic E-state index is -0.764. The van der Waals surface area contributed by atoms with Crippen molar-refractivity contribution in [3.8, 4) is 0 Å². The van der Waals surface area contributed by atoms with E-state index >= 15 is 0 Å². The highest BCUT2D eigenvalue weighted by Gasteiger charge is 2.28. The summed E-state index contributed by atoms with van der Waals surface area (Å²) in [5.74, 6) is -0.0503. The predicted molar refractivity (Wildman–Crippen MR) is 148 cm³/mol. The average Bonchev–Trinajstić information content (AvgIpc) is 2.69. The standard InChI is InChI=1S/C28H44N4O6/c1-19(2)16-17-32(25(35)38-28(9,10)11)22(31-24(34)37-27(6,7)8)30-21-14-12-20(13-15-21)18-29-23(33)36-26(3,4)5/h12-16H,17-18H2,1-11H3,(H,29,33)(H,30,31,34). The molecule has 0 saturated carbocycles. The van der Waals surface area contributed by atoms with Crippen molar-refractivity contribution in [3.63, 3.8) is 0 Å². The van der Waals surface area contributed by atoms with E-state index in [9.17, 15) is 14.4 Å². The number of ether oxygens (including phenoxy) is 3. The zero-order valence-electron chi connectivity index (χ0n) is 24.6. The van der Waals surface area contributed by atoms with E-state index in [1.807, 2.05) is 19.9 Å². The van der Waals surface area contributed by atoms with Crippen molar-refractivity contribution in [3.05, 3.63) is 41.5 Å². The monoisotopic (exact) mass is 532 g/mol. The molecule has 0 spiro atoms. The number of nitrogens with zero attached hydrogens (tertiary/aromatic N) is 2. The van der Waals surface area contributed by atoms with E-state index in [0.29, 0.717) is 5.69 Å². The highest BCUT2D eigenvalue weighted by atomic mass is 16.6. The van der Waals surface area contributed by atoms with E-state index in [4.69, 9.17) is 14.2 Å². The molecule has 3 amide bonds. The number of guanidine groups is 1. The number of carbonyl (C=O) groups excluding carboxylic acids is 3. The molecule has 1 aromatic carbocycles. The van der Waals surface area contributed by atoms with Crippen LogP contribution in [0.3, 0.4) is 0 Å². The second-order valence-electron chi connectivity index (χ2n) is 12.0. The van der Waals surface area contributed by atoms with E-state index in [-0.39, 0.29) is 19.0 Å². The summed E-state index contributed by atoms with van der Waals surface area (Å²) in [4.78, 5) is 43.5. The number of nitrogens with one attached hydrogen (secondary N) is 2. The summed E-state index contributed by atoms with van der Waals surface area (Å²) in [5, 5.41) is 5.30. The van der Waals surface area contributed by atoms with Crippen molar-refractivity contribution in [2.24, 2.45) is 4.99 Å². The molecule has 0 aromatic heterocycles. The number of rotatable bonds is 5. The van der Waals surface area contributed by atoms with Gasteiger partial charge in [-0.3, -0.25) is 5.32 Å². The topological polar surface area (TPSA) is 119 Å². The van der Waals surface area contributed by atoms with Crippen molar-refractivity contribution in [2.45, 2.75) is 99.5 Å². The second kappa shape index (κ2) is 13.3. The Morgan fingerprint density at radius 3 is 1.79 bits per heavy atom. The maximum absolute atomic E-state index is 13.1. The van der Waals surface area contributed by atoms with Crippen LogP contribution in [0.1, 0.15) is 81.7 Å². The van der Waals surface area contributed by atoms with E-state index in [0.717, 1.165) is 11.1 Å². The summed E-state index contributed by atoms with van der Waals surface area (Å²) >= 11 is 0. The molecule has 10 heteroatoms. The summed E-state index contributed by atoms with van der Waals surface area (Å²) < 4.78 is 16.2. The first kappa shape index (κ1) is 32.5. The Morgan fingerprint density at radius 1 is 0.816 bits per heavy atom. The lowest BCUT2D eigenvalue weighted by molar-refractivity contribution is 0.0372. The first-order valence-electron chi connectivity index (χ1n) is 12.5. The second-order valence-corrected chi connectivity index (χ2v) is 12.0. The van der Waals surface area contributed by atoms with Crippen LogP contribution in [-0.2, 0) is 20.8 Å². The lowest BCUT2D eigenvalue weighted by Crippen LogP contribution is -2.50. The molecular formula is C28H44N4O6. The van der Waals surface area contributed by atoms with Crippen molar-refractivity contribution in [2.75, 3.05) is 6.54 Å². The first-order chi connectivity index (χ1) is 17.2. The number of hydrogen-bond acceptors (Lipinski definition) is 7. The van der Waals surface area contributed by atoms with Gasteiger partial charge in [-0.05, 0) is 93.9 Å². The minimum Gasteiger partial charge on any atom is -0.444 e. The molecule has 1 rings (SSSR count). The van der Waals surface area contributed by atoms with Crippen LogP contribution in [0.5, 0.6) is 0 Å². The molecule has 10 nitrogen and oxygen atoms in total. The predicted octanol–water partition coefficient (Wildman–Crippen LogP) is 6.43. The summed E-state index contributed by atoms with van der Waals surface area (Å²) in [6.45, 7) is 20.0. The lowest BCUT2D eigenvalue weighted by atomic mass is 10.2. The summed E-state index contributed by atoms with van der Waals surface area (Å²) in [7, 11) is 0. The van der Waals surface area contributed by atoms with Gasteiger partial charge in [0.05, 0.1) is 12.2 Å². The van der Waals surface area contributed by atoms with Crippen molar-refractivity contribution in [1.29, 1.82) is 0 Å². The number of allylic oxidation sites excluding steroid dienone is 1. The molecule has 0 heterocycles. The molecule has 2 N–H and O–H groups in total. The normalized spacial score (nSPS) is 12.2. The van der Waals surface area contributed by atoms with E-state index < -0.39 is 35.1 Å². The molecule has 0 saturated heterocycles. The van der Waals surface area contributed by atoms with Crippen LogP contribution in [0.4, 0.5) is 20.1 Å². The molecule has 0 aliphatic heterocycles. The van der Waals surface area contributed by atoms with Crippen LogP contribution in [0.2, 0.25) is 0 Å². The molecular weight excluding hydrogens is 488 g/mol. The molecule has 0 atom stereocenters. The number of hydrogen-bond donors (Lipinski definition) is 2. The maximum atomic E-state index is 13.1. The van der Waals surface area contributed by atoms with Gasteiger partial charge in [0.2, 0.25) is 5.96 Å². The third-order valence-electron chi connectivity index (χ3n) is 4.17. The Labute approximate surface area is 226 Å². The quantitative estimate of drug-likeness (QED) is 0.195. The van der Waals surface area contributed by atoms with Crippen LogP contribution < -0.4 is 10.6 Å². The van der Waals surface area contributed by atoms with Gasteiger partial charge in [0.25, 0.3) is 0 Å². The molecule has 0 fully saturated rings.